The zero-order chi connectivity index (χ0) is 14.4. The molecule has 0 bridgehead atoms. The van der Waals surface area contributed by atoms with Crippen molar-refractivity contribution in [2.24, 2.45) is 0 Å². The van der Waals surface area contributed by atoms with Crippen LogP contribution in [0.2, 0.25) is 0 Å². The van der Waals surface area contributed by atoms with Crippen molar-refractivity contribution in [1.82, 2.24) is 0 Å². The molecule has 2 rings (SSSR count). The number of rotatable bonds is 5. The molecule has 0 radical (unpaired) electrons. The molecule has 0 unspecified atom stereocenters. The molecule has 0 saturated carbocycles. The van der Waals surface area contributed by atoms with Gasteiger partial charge in [-0.1, -0.05) is 0 Å². The average Bonchev–Trinajstić information content (AvgIpc) is 2.53. The van der Waals surface area contributed by atoms with E-state index in [1.165, 1.54) is 15.6 Å². The molecule has 0 aliphatic rings. The van der Waals surface area contributed by atoms with Crippen molar-refractivity contribution < 1.29 is 4.39 Å². The van der Waals surface area contributed by atoms with Gasteiger partial charge < -0.3 is 0 Å². The minimum absolute atomic E-state index is 0.0691. The van der Waals surface area contributed by atoms with Crippen molar-refractivity contribution >= 4 is 19.4 Å². The van der Waals surface area contributed by atoms with Gasteiger partial charge in [0.05, 0.1) is 0 Å². The van der Waals surface area contributed by atoms with E-state index in [9.17, 15) is 4.39 Å². The van der Waals surface area contributed by atoms with Gasteiger partial charge in [0.15, 0.2) is 0 Å². The van der Waals surface area contributed by atoms with Crippen LogP contribution in [-0.2, 0) is 0 Å². The summed E-state index contributed by atoms with van der Waals surface area (Å²) in [6, 6.07) is 18.8. The van der Waals surface area contributed by atoms with E-state index in [-0.39, 0.29) is 20.8 Å². The van der Waals surface area contributed by atoms with Crippen LogP contribution in [0.3, 0.4) is 0 Å². The summed E-state index contributed by atoms with van der Waals surface area (Å²) in [5.74, 6) is 0.0691. The average molecular weight is 333 g/mol. The van der Waals surface area contributed by atoms with Crippen LogP contribution >= 0.6 is 0 Å². The van der Waals surface area contributed by atoms with Crippen LogP contribution in [0.15, 0.2) is 64.9 Å². The molecule has 0 nitrogen and oxygen atoms in total. The zero-order valence-electron chi connectivity index (χ0n) is 11.9. The second kappa shape index (κ2) is 7.42. The van der Waals surface area contributed by atoms with Crippen molar-refractivity contribution in [3.63, 3.8) is 0 Å². The summed E-state index contributed by atoms with van der Waals surface area (Å²) < 4.78 is 15.9. The van der Waals surface area contributed by atoms with Gasteiger partial charge in [-0.25, -0.2) is 0 Å². The Labute approximate surface area is 126 Å². The summed E-state index contributed by atoms with van der Waals surface area (Å²) in [7, 11) is 0. The van der Waals surface area contributed by atoms with Gasteiger partial charge in [-0.3, -0.25) is 0 Å². The van der Waals surface area contributed by atoms with E-state index in [1.807, 2.05) is 32.0 Å². The first-order valence-corrected chi connectivity index (χ1v) is 8.66. The molecule has 0 spiro atoms. The van der Waals surface area contributed by atoms with E-state index >= 15 is 0 Å². The molecule has 2 aromatic carbocycles. The van der Waals surface area contributed by atoms with Crippen molar-refractivity contribution in [2.45, 2.75) is 26.7 Å². The monoisotopic (exact) mass is 334 g/mol. The standard InChI is InChI=1S/C18H19FSe/c1-3-17(19)18(4-2)20-16-12-10-15(11-13-16)14-8-6-5-7-9-14/h5-13H,3-4H2,1-2H3/b18-17+. The number of hydrogen-bond acceptors (Lipinski definition) is 0. The predicted octanol–water partition coefficient (Wildman–Crippen LogP) is 4.68. The van der Waals surface area contributed by atoms with Crippen molar-refractivity contribution in [2.75, 3.05) is 0 Å². The van der Waals surface area contributed by atoms with Crippen LogP contribution < -0.4 is 4.46 Å². The van der Waals surface area contributed by atoms with Crippen molar-refractivity contribution in [3.05, 3.63) is 64.9 Å². The van der Waals surface area contributed by atoms with Crippen LogP contribution in [0.4, 0.5) is 4.39 Å². The predicted molar refractivity (Wildman–Crippen MR) is 86.0 cm³/mol. The third-order valence-corrected chi connectivity index (χ3v) is 5.79. The molecule has 2 aromatic rings. The van der Waals surface area contributed by atoms with E-state index in [1.54, 1.807) is 0 Å². The minimum atomic E-state index is 0.0691. The first-order valence-electron chi connectivity index (χ1n) is 6.95. The van der Waals surface area contributed by atoms with Crippen LogP contribution in [0.1, 0.15) is 26.7 Å². The molecule has 104 valence electrons. The molecular weight excluding hydrogens is 314 g/mol. The van der Waals surface area contributed by atoms with E-state index in [0.29, 0.717) is 6.42 Å². The number of hydrogen-bond donors (Lipinski definition) is 0. The van der Waals surface area contributed by atoms with Crippen LogP contribution in [-0.4, -0.2) is 15.0 Å². The fourth-order valence-corrected chi connectivity index (χ4v) is 4.01. The third kappa shape index (κ3) is 3.82. The fraction of sp³-hybridized carbons (Fsp3) is 0.222. The number of allylic oxidation sites excluding steroid dienone is 2. The van der Waals surface area contributed by atoms with Gasteiger partial charge in [-0.05, 0) is 0 Å². The normalized spacial score (nSPS) is 12.2. The molecule has 0 heterocycles. The quantitative estimate of drug-likeness (QED) is 0.697. The number of halogens is 1. The Hall–Kier alpha value is -1.37. The Kier molecular flexibility index (Phi) is 5.58. The second-order valence-electron chi connectivity index (χ2n) is 4.53. The van der Waals surface area contributed by atoms with Crippen LogP contribution in [0, 0.1) is 0 Å². The summed E-state index contributed by atoms with van der Waals surface area (Å²) in [6.45, 7) is 3.91. The van der Waals surface area contributed by atoms with Gasteiger partial charge in [0.25, 0.3) is 0 Å². The first kappa shape index (κ1) is 15.0. The molecule has 0 amide bonds. The summed E-state index contributed by atoms with van der Waals surface area (Å²) in [6.07, 6.45) is 1.31. The molecule has 0 saturated heterocycles. The van der Waals surface area contributed by atoms with Crippen molar-refractivity contribution in [3.8, 4) is 11.1 Å². The molecular formula is C18H19FSe. The van der Waals surface area contributed by atoms with Gasteiger partial charge in [-0.15, -0.1) is 0 Å². The molecule has 0 aliphatic carbocycles. The Morgan fingerprint density at radius 3 is 2.00 bits per heavy atom. The SMILES string of the molecule is CC/C(F)=C(/CC)[Se]c1ccc(-c2ccccc2)cc1. The van der Waals surface area contributed by atoms with Crippen LogP contribution in [0.5, 0.6) is 0 Å². The summed E-state index contributed by atoms with van der Waals surface area (Å²) in [4.78, 5) is 0. The molecule has 2 heteroatoms. The Bertz CT molecular complexity index is 570. The summed E-state index contributed by atoms with van der Waals surface area (Å²) >= 11 is 0.101. The van der Waals surface area contributed by atoms with E-state index in [2.05, 4.69) is 36.4 Å². The topological polar surface area (TPSA) is 0 Å². The first-order chi connectivity index (χ1) is 9.74. The van der Waals surface area contributed by atoms with Gasteiger partial charge in [0.1, 0.15) is 0 Å². The van der Waals surface area contributed by atoms with Crippen molar-refractivity contribution in [1.29, 1.82) is 0 Å². The van der Waals surface area contributed by atoms with Crippen LogP contribution in [0.25, 0.3) is 11.1 Å². The van der Waals surface area contributed by atoms with E-state index in [0.717, 1.165) is 10.9 Å². The third-order valence-electron chi connectivity index (χ3n) is 3.14. The molecule has 0 fully saturated rings. The maximum atomic E-state index is 13.7. The molecule has 20 heavy (non-hydrogen) atoms. The maximum absolute atomic E-state index is 13.7. The Morgan fingerprint density at radius 1 is 0.850 bits per heavy atom. The Morgan fingerprint density at radius 2 is 1.45 bits per heavy atom. The molecule has 0 atom stereocenters. The second-order valence-corrected chi connectivity index (χ2v) is 6.98. The fourth-order valence-electron chi connectivity index (χ4n) is 2.00. The molecule has 0 aliphatic heterocycles. The summed E-state index contributed by atoms with van der Waals surface area (Å²) in [5.41, 5.74) is 2.43. The van der Waals surface area contributed by atoms with Gasteiger partial charge in [-0.2, -0.15) is 0 Å². The number of benzene rings is 2. The van der Waals surface area contributed by atoms with E-state index < -0.39 is 0 Å². The Balaban J connectivity index is 2.17. The zero-order valence-corrected chi connectivity index (χ0v) is 13.6. The van der Waals surface area contributed by atoms with Gasteiger partial charge in [0, 0.05) is 0 Å². The van der Waals surface area contributed by atoms with E-state index in [4.69, 9.17) is 0 Å². The molecule has 0 aromatic heterocycles. The van der Waals surface area contributed by atoms with Gasteiger partial charge in [0.2, 0.25) is 0 Å². The van der Waals surface area contributed by atoms with Gasteiger partial charge >= 0.3 is 127 Å². The summed E-state index contributed by atoms with van der Waals surface area (Å²) in [5, 5.41) is 0. The molecule has 0 N–H and O–H groups in total.